The number of nitrogens with two attached hydrogens (primary N) is 1. The van der Waals surface area contributed by atoms with Crippen LogP contribution in [0, 0.1) is 6.92 Å². The van der Waals surface area contributed by atoms with Crippen molar-refractivity contribution in [1.82, 2.24) is 14.5 Å². The number of aromatic nitrogens is 2. The third kappa shape index (κ3) is 5.95. The lowest BCUT2D eigenvalue weighted by Gasteiger charge is -2.33. The molecule has 0 bridgehead atoms. The Hall–Kier alpha value is -2.39. The SMILES string of the molecule is CCCCn1c(N)c(N(C(=O)CN(Cc2ccc(C)s2)C(C)C)C2CCCC2)c(=O)[nH]c1=O. The number of carbonyl (C=O) groups is 1. The van der Waals surface area contributed by atoms with Gasteiger partial charge >= 0.3 is 5.69 Å². The Morgan fingerprint density at radius 1 is 1.27 bits per heavy atom. The Morgan fingerprint density at radius 2 is 1.97 bits per heavy atom. The molecule has 0 unspecified atom stereocenters. The lowest BCUT2D eigenvalue weighted by Crippen LogP contribution is -2.50. The summed E-state index contributed by atoms with van der Waals surface area (Å²) in [6, 6.07) is 4.25. The van der Waals surface area contributed by atoms with E-state index in [1.54, 1.807) is 16.2 Å². The molecule has 2 heterocycles. The van der Waals surface area contributed by atoms with Gasteiger partial charge in [-0.1, -0.05) is 26.2 Å². The fraction of sp³-hybridized carbons (Fsp3) is 0.625. The normalized spacial score (nSPS) is 14.5. The van der Waals surface area contributed by atoms with E-state index in [4.69, 9.17) is 5.73 Å². The number of hydrogen-bond acceptors (Lipinski definition) is 6. The number of aryl methyl sites for hydroxylation is 1. The number of amides is 1. The van der Waals surface area contributed by atoms with Crippen LogP contribution in [0.15, 0.2) is 21.7 Å². The minimum Gasteiger partial charge on any atom is -0.383 e. The van der Waals surface area contributed by atoms with Crippen LogP contribution in [0.3, 0.4) is 0 Å². The summed E-state index contributed by atoms with van der Waals surface area (Å²) in [6.45, 7) is 9.49. The molecule has 2 aromatic rings. The number of anilines is 2. The maximum atomic E-state index is 13.7. The molecule has 2 aromatic heterocycles. The van der Waals surface area contributed by atoms with Crippen molar-refractivity contribution in [3.8, 4) is 0 Å². The van der Waals surface area contributed by atoms with Gasteiger partial charge in [0.05, 0.1) is 6.54 Å². The van der Waals surface area contributed by atoms with Gasteiger partial charge in [0, 0.05) is 34.9 Å². The molecular formula is C24H37N5O3S. The topological polar surface area (TPSA) is 104 Å². The third-order valence-corrected chi connectivity index (χ3v) is 7.36. The van der Waals surface area contributed by atoms with Crippen LogP contribution in [-0.4, -0.2) is 39.0 Å². The fourth-order valence-corrected chi connectivity index (χ4v) is 5.38. The highest BCUT2D eigenvalue weighted by molar-refractivity contribution is 7.11. The number of nitrogen functional groups attached to an aromatic ring is 1. The van der Waals surface area contributed by atoms with Crippen molar-refractivity contribution in [3.05, 3.63) is 42.7 Å². The zero-order valence-corrected chi connectivity index (χ0v) is 21.0. The van der Waals surface area contributed by atoms with Gasteiger partial charge in [0.1, 0.15) is 5.82 Å². The van der Waals surface area contributed by atoms with Crippen LogP contribution in [0.25, 0.3) is 0 Å². The summed E-state index contributed by atoms with van der Waals surface area (Å²) < 4.78 is 1.39. The standard InChI is InChI=1S/C24H37N5O3S/c1-5-6-13-28-22(25)21(23(31)26-24(28)32)29(18-9-7-8-10-18)20(30)15-27(16(2)3)14-19-12-11-17(4)33-19/h11-12,16,18H,5-10,13-15,25H2,1-4H3,(H,26,31,32). The molecular weight excluding hydrogens is 438 g/mol. The summed E-state index contributed by atoms with van der Waals surface area (Å²) in [4.78, 5) is 47.7. The van der Waals surface area contributed by atoms with Crippen LogP contribution in [0.5, 0.6) is 0 Å². The van der Waals surface area contributed by atoms with Gasteiger partial charge in [-0.15, -0.1) is 11.3 Å². The first-order valence-corrected chi connectivity index (χ1v) is 12.8. The summed E-state index contributed by atoms with van der Waals surface area (Å²) in [5, 5.41) is 0. The highest BCUT2D eigenvalue weighted by atomic mass is 32.1. The quantitative estimate of drug-likeness (QED) is 0.547. The summed E-state index contributed by atoms with van der Waals surface area (Å²) in [6.07, 6.45) is 5.30. The second-order valence-corrected chi connectivity index (χ2v) is 10.6. The van der Waals surface area contributed by atoms with Crippen molar-refractivity contribution in [2.45, 2.75) is 91.4 Å². The predicted molar refractivity (Wildman–Crippen MR) is 135 cm³/mol. The van der Waals surface area contributed by atoms with E-state index in [9.17, 15) is 14.4 Å². The molecule has 1 saturated carbocycles. The average Bonchev–Trinajstić information content (AvgIpc) is 3.42. The highest BCUT2D eigenvalue weighted by Gasteiger charge is 2.33. The molecule has 1 aliphatic carbocycles. The van der Waals surface area contributed by atoms with Crippen molar-refractivity contribution >= 4 is 28.7 Å². The smallest absolute Gasteiger partial charge is 0.330 e. The molecule has 1 aliphatic rings. The Labute approximate surface area is 199 Å². The predicted octanol–water partition coefficient (Wildman–Crippen LogP) is 3.48. The number of H-pyrrole nitrogens is 1. The maximum Gasteiger partial charge on any atom is 0.330 e. The minimum atomic E-state index is -0.588. The van der Waals surface area contributed by atoms with Gasteiger partial charge in [-0.2, -0.15) is 0 Å². The number of rotatable bonds is 10. The molecule has 0 aliphatic heterocycles. The van der Waals surface area contributed by atoms with Crippen molar-refractivity contribution in [3.63, 3.8) is 0 Å². The first-order valence-electron chi connectivity index (χ1n) is 12.0. The van der Waals surface area contributed by atoms with Crippen LogP contribution >= 0.6 is 11.3 Å². The number of nitrogens with one attached hydrogen (secondary N) is 1. The van der Waals surface area contributed by atoms with Crippen LogP contribution in [0.4, 0.5) is 11.5 Å². The maximum absolute atomic E-state index is 13.7. The van der Waals surface area contributed by atoms with Crippen molar-refractivity contribution < 1.29 is 4.79 Å². The number of nitrogens with zero attached hydrogens (tertiary/aromatic N) is 3. The Balaban J connectivity index is 1.96. The second kappa shape index (κ2) is 11.2. The summed E-state index contributed by atoms with van der Waals surface area (Å²) in [7, 11) is 0. The average molecular weight is 476 g/mol. The number of carbonyl (C=O) groups excluding carboxylic acids is 1. The van der Waals surface area contributed by atoms with Gasteiger partial charge in [0.25, 0.3) is 5.56 Å². The third-order valence-electron chi connectivity index (χ3n) is 6.37. The van der Waals surface area contributed by atoms with Gasteiger partial charge in [-0.25, -0.2) is 4.79 Å². The van der Waals surface area contributed by atoms with Crippen LogP contribution in [0.1, 0.15) is 69.1 Å². The van der Waals surface area contributed by atoms with Gasteiger partial charge in [-0.05, 0) is 52.2 Å². The zero-order chi connectivity index (χ0) is 24.1. The van der Waals surface area contributed by atoms with E-state index in [1.807, 2.05) is 6.92 Å². The molecule has 3 N–H and O–H groups in total. The van der Waals surface area contributed by atoms with E-state index < -0.39 is 11.2 Å². The van der Waals surface area contributed by atoms with E-state index in [0.717, 1.165) is 38.5 Å². The van der Waals surface area contributed by atoms with Gasteiger partial charge in [0.2, 0.25) is 5.91 Å². The number of hydrogen-bond donors (Lipinski definition) is 2. The summed E-state index contributed by atoms with van der Waals surface area (Å²) in [5.41, 5.74) is 5.40. The van der Waals surface area contributed by atoms with Gasteiger partial charge in [-0.3, -0.25) is 24.0 Å². The lowest BCUT2D eigenvalue weighted by molar-refractivity contribution is -0.120. The van der Waals surface area contributed by atoms with Gasteiger partial charge < -0.3 is 10.6 Å². The van der Waals surface area contributed by atoms with E-state index in [0.29, 0.717) is 13.1 Å². The molecule has 8 nitrogen and oxygen atoms in total. The first kappa shape index (κ1) is 25.2. The van der Waals surface area contributed by atoms with Crippen LogP contribution < -0.4 is 21.9 Å². The number of aromatic amines is 1. The van der Waals surface area contributed by atoms with Crippen LogP contribution in [-0.2, 0) is 17.9 Å². The zero-order valence-electron chi connectivity index (χ0n) is 20.2. The molecule has 0 aromatic carbocycles. The molecule has 3 rings (SSSR count). The summed E-state index contributed by atoms with van der Waals surface area (Å²) in [5.74, 6) is -0.0656. The molecule has 0 saturated heterocycles. The first-order chi connectivity index (χ1) is 15.7. The van der Waals surface area contributed by atoms with Gasteiger partial charge in [0.15, 0.2) is 5.69 Å². The Bertz CT molecular complexity index is 1060. The molecule has 33 heavy (non-hydrogen) atoms. The van der Waals surface area contributed by atoms with Crippen molar-refractivity contribution in [1.29, 1.82) is 0 Å². The molecule has 0 atom stereocenters. The number of unbranched alkanes of at least 4 members (excludes halogenated alkanes) is 1. The van der Waals surface area contributed by atoms with E-state index in [1.165, 1.54) is 14.3 Å². The minimum absolute atomic E-state index is 0.0856. The fourth-order valence-electron chi connectivity index (χ4n) is 4.46. The Morgan fingerprint density at radius 3 is 2.55 bits per heavy atom. The molecule has 0 radical (unpaired) electrons. The molecule has 182 valence electrons. The summed E-state index contributed by atoms with van der Waals surface area (Å²) >= 11 is 1.73. The van der Waals surface area contributed by atoms with Crippen molar-refractivity contribution in [2.75, 3.05) is 17.2 Å². The molecule has 1 fully saturated rings. The molecule has 1 amide bonds. The highest BCUT2D eigenvalue weighted by Crippen LogP contribution is 2.30. The van der Waals surface area contributed by atoms with Crippen LogP contribution in [0.2, 0.25) is 0 Å². The molecule has 0 spiro atoms. The van der Waals surface area contributed by atoms with E-state index >= 15 is 0 Å². The van der Waals surface area contributed by atoms with Crippen molar-refractivity contribution in [2.24, 2.45) is 0 Å². The second-order valence-electron chi connectivity index (χ2n) is 9.21. The monoisotopic (exact) mass is 475 g/mol. The molecule has 9 heteroatoms. The Kier molecular flexibility index (Phi) is 8.53. The van der Waals surface area contributed by atoms with E-state index in [2.05, 4.69) is 42.8 Å². The van der Waals surface area contributed by atoms with E-state index in [-0.39, 0.29) is 36.0 Å². The number of thiophene rings is 1. The lowest BCUT2D eigenvalue weighted by atomic mass is 10.1. The largest absolute Gasteiger partial charge is 0.383 e.